The van der Waals surface area contributed by atoms with Gasteiger partial charge in [-0.05, 0) is 24.3 Å². The first kappa shape index (κ1) is 14.5. The van der Waals surface area contributed by atoms with Crippen LogP contribution in [0.15, 0.2) is 39.9 Å². The van der Waals surface area contributed by atoms with Crippen LogP contribution in [0.2, 0.25) is 0 Å². The molecule has 0 fully saturated rings. The van der Waals surface area contributed by atoms with E-state index in [0.29, 0.717) is 24.6 Å². The zero-order chi connectivity index (χ0) is 15.2. The number of rotatable bonds is 5. The molecule has 8 nitrogen and oxygen atoms in total. The van der Waals surface area contributed by atoms with Crippen molar-refractivity contribution < 1.29 is 9.53 Å². The largest absolute Gasteiger partial charge is 0.492 e. The number of aromatic nitrogens is 2. The zero-order valence-corrected chi connectivity index (χ0v) is 11.0. The number of benzene rings is 1. The number of carbonyl (C=O) groups excluding carboxylic acids is 1. The Bertz CT molecular complexity index is 705. The summed E-state index contributed by atoms with van der Waals surface area (Å²) in [6.07, 6.45) is 0. The van der Waals surface area contributed by atoms with E-state index in [4.69, 9.17) is 10.5 Å². The fraction of sp³-hybridized carbons (Fsp3) is 0.154. The first-order chi connectivity index (χ1) is 10.1. The first-order valence-electron chi connectivity index (χ1n) is 6.16. The molecule has 0 unspecified atom stereocenters. The number of aromatic amines is 2. The summed E-state index contributed by atoms with van der Waals surface area (Å²) in [6.45, 7) is 0.814. The van der Waals surface area contributed by atoms with Gasteiger partial charge in [-0.1, -0.05) is 0 Å². The molecule has 0 saturated carbocycles. The molecule has 1 aromatic carbocycles. The highest BCUT2D eigenvalue weighted by Crippen LogP contribution is 2.15. The third-order valence-corrected chi connectivity index (χ3v) is 2.50. The van der Waals surface area contributed by atoms with Gasteiger partial charge >= 0.3 is 5.69 Å². The molecule has 0 saturated heterocycles. The minimum Gasteiger partial charge on any atom is -0.492 e. The maximum atomic E-state index is 11.9. The van der Waals surface area contributed by atoms with Gasteiger partial charge in [-0.2, -0.15) is 0 Å². The molecule has 21 heavy (non-hydrogen) atoms. The van der Waals surface area contributed by atoms with Crippen molar-refractivity contribution >= 4 is 11.6 Å². The molecule has 0 aliphatic heterocycles. The van der Waals surface area contributed by atoms with Gasteiger partial charge in [0.25, 0.3) is 11.5 Å². The molecule has 8 heteroatoms. The standard InChI is InChI=1S/C13H14N4O4/c14-5-6-21-9-3-1-8(2-4-9)15-12(19)10-7-11(18)17-13(20)16-10/h1-4,7H,5-6,14H2,(H,15,19)(H2,16,17,18,20). The van der Waals surface area contributed by atoms with Crippen LogP contribution in [0, 0.1) is 0 Å². The lowest BCUT2D eigenvalue weighted by atomic mass is 10.3. The Morgan fingerprint density at radius 1 is 1.19 bits per heavy atom. The van der Waals surface area contributed by atoms with Gasteiger partial charge in [0.15, 0.2) is 0 Å². The van der Waals surface area contributed by atoms with Gasteiger partial charge in [0.1, 0.15) is 18.1 Å². The molecule has 1 aromatic heterocycles. The fourth-order valence-electron chi connectivity index (χ4n) is 1.60. The molecule has 0 spiro atoms. The summed E-state index contributed by atoms with van der Waals surface area (Å²) >= 11 is 0. The summed E-state index contributed by atoms with van der Waals surface area (Å²) in [5, 5.41) is 2.55. The summed E-state index contributed by atoms with van der Waals surface area (Å²) in [7, 11) is 0. The number of hydrogen-bond donors (Lipinski definition) is 4. The highest BCUT2D eigenvalue weighted by atomic mass is 16.5. The van der Waals surface area contributed by atoms with Crippen molar-refractivity contribution in [3.05, 3.63) is 56.9 Å². The minimum atomic E-state index is -0.738. The Balaban J connectivity index is 2.08. The summed E-state index contributed by atoms with van der Waals surface area (Å²) in [6, 6.07) is 7.62. The van der Waals surface area contributed by atoms with Gasteiger partial charge in [0, 0.05) is 18.3 Å². The molecule has 110 valence electrons. The number of amides is 1. The maximum Gasteiger partial charge on any atom is 0.326 e. The highest BCUT2D eigenvalue weighted by molar-refractivity contribution is 6.02. The molecule has 0 atom stereocenters. The second-order valence-electron chi connectivity index (χ2n) is 4.12. The topological polar surface area (TPSA) is 130 Å². The van der Waals surface area contributed by atoms with Crippen molar-refractivity contribution in [2.45, 2.75) is 0 Å². The number of hydrogen-bond acceptors (Lipinski definition) is 5. The highest BCUT2D eigenvalue weighted by Gasteiger charge is 2.08. The number of anilines is 1. The van der Waals surface area contributed by atoms with Gasteiger partial charge in [-0.3, -0.25) is 14.6 Å². The molecule has 0 radical (unpaired) electrons. The third kappa shape index (κ3) is 4.05. The maximum absolute atomic E-state index is 11.9. The van der Waals surface area contributed by atoms with E-state index in [1.165, 1.54) is 0 Å². The molecule has 1 heterocycles. The van der Waals surface area contributed by atoms with Gasteiger partial charge in [-0.15, -0.1) is 0 Å². The summed E-state index contributed by atoms with van der Waals surface area (Å²) < 4.78 is 5.30. The predicted molar refractivity (Wildman–Crippen MR) is 76.6 cm³/mol. The smallest absolute Gasteiger partial charge is 0.326 e. The SMILES string of the molecule is NCCOc1ccc(NC(=O)c2cc(=O)[nH]c(=O)[nH]2)cc1. The van der Waals surface area contributed by atoms with Crippen molar-refractivity contribution in [1.29, 1.82) is 0 Å². The average Bonchev–Trinajstić information content (AvgIpc) is 2.45. The van der Waals surface area contributed by atoms with E-state index in [0.717, 1.165) is 6.07 Å². The minimum absolute atomic E-state index is 0.118. The molecule has 2 rings (SSSR count). The second kappa shape index (κ2) is 6.53. The zero-order valence-electron chi connectivity index (χ0n) is 11.0. The predicted octanol–water partition coefficient (Wildman–Crippen LogP) is -0.347. The number of carbonyl (C=O) groups is 1. The van der Waals surface area contributed by atoms with Crippen LogP contribution in [0.25, 0.3) is 0 Å². The molecule has 1 amide bonds. The Labute approximate surface area is 119 Å². The van der Waals surface area contributed by atoms with E-state index in [-0.39, 0.29) is 5.69 Å². The third-order valence-electron chi connectivity index (χ3n) is 2.50. The van der Waals surface area contributed by atoms with Crippen molar-refractivity contribution in [3.63, 3.8) is 0 Å². The van der Waals surface area contributed by atoms with Crippen LogP contribution < -0.4 is 27.0 Å². The van der Waals surface area contributed by atoms with Crippen molar-refractivity contribution in [3.8, 4) is 5.75 Å². The van der Waals surface area contributed by atoms with E-state index in [1.807, 2.05) is 4.98 Å². The molecule has 2 aromatic rings. The quantitative estimate of drug-likeness (QED) is 0.598. The Kier molecular flexibility index (Phi) is 4.52. The van der Waals surface area contributed by atoms with E-state index in [1.54, 1.807) is 24.3 Å². The number of ether oxygens (including phenoxy) is 1. The van der Waals surface area contributed by atoms with E-state index < -0.39 is 17.2 Å². The lowest BCUT2D eigenvalue weighted by Gasteiger charge is -2.07. The van der Waals surface area contributed by atoms with Crippen LogP contribution in [-0.4, -0.2) is 29.0 Å². The lowest BCUT2D eigenvalue weighted by Crippen LogP contribution is -2.27. The fourth-order valence-corrected chi connectivity index (χ4v) is 1.60. The monoisotopic (exact) mass is 290 g/mol. The van der Waals surface area contributed by atoms with Crippen LogP contribution >= 0.6 is 0 Å². The molecule has 0 aliphatic rings. The van der Waals surface area contributed by atoms with Crippen LogP contribution in [0.1, 0.15) is 10.5 Å². The van der Waals surface area contributed by atoms with Crippen LogP contribution in [0.5, 0.6) is 5.75 Å². The van der Waals surface area contributed by atoms with Gasteiger partial charge in [-0.25, -0.2) is 4.79 Å². The van der Waals surface area contributed by atoms with Crippen LogP contribution in [0.4, 0.5) is 5.69 Å². The van der Waals surface area contributed by atoms with E-state index in [2.05, 4.69) is 10.3 Å². The summed E-state index contributed by atoms with van der Waals surface area (Å²) in [4.78, 5) is 38.3. The van der Waals surface area contributed by atoms with Crippen LogP contribution in [-0.2, 0) is 0 Å². The second-order valence-corrected chi connectivity index (χ2v) is 4.12. The van der Waals surface area contributed by atoms with Crippen LogP contribution in [0.3, 0.4) is 0 Å². The molecule has 0 bridgehead atoms. The van der Waals surface area contributed by atoms with Crippen molar-refractivity contribution in [2.24, 2.45) is 5.73 Å². The van der Waals surface area contributed by atoms with E-state index in [9.17, 15) is 14.4 Å². The van der Waals surface area contributed by atoms with Crippen molar-refractivity contribution in [2.75, 3.05) is 18.5 Å². The van der Waals surface area contributed by atoms with Gasteiger partial charge in [0.2, 0.25) is 0 Å². The number of nitrogens with one attached hydrogen (secondary N) is 3. The molecule has 5 N–H and O–H groups in total. The lowest BCUT2D eigenvalue weighted by molar-refractivity contribution is 0.102. The Morgan fingerprint density at radius 2 is 1.90 bits per heavy atom. The molecular weight excluding hydrogens is 276 g/mol. The van der Waals surface area contributed by atoms with E-state index >= 15 is 0 Å². The van der Waals surface area contributed by atoms with Gasteiger partial charge < -0.3 is 20.8 Å². The van der Waals surface area contributed by atoms with Gasteiger partial charge in [0.05, 0.1) is 0 Å². The average molecular weight is 290 g/mol. The molecular formula is C13H14N4O4. The molecule has 0 aliphatic carbocycles. The number of H-pyrrole nitrogens is 2. The Hall–Kier alpha value is -2.87. The normalized spacial score (nSPS) is 10.1. The summed E-state index contributed by atoms with van der Waals surface area (Å²) in [5.41, 5.74) is 4.32. The van der Waals surface area contributed by atoms with Crippen molar-refractivity contribution in [1.82, 2.24) is 9.97 Å². The Morgan fingerprint density at radius 3 is 2.52 bits per heavy atom. The summed E-state index contributed by atoms with van der Waals surface area (Å²) in [5.74, 6) is 0.0387. The number of nitrogens with two attached hydrogens (primary N) is 1. The first-order valence-corrected chi connectivity index (χ1v) is 6.16.